The molecule has 0 unspecified atom stereocenters. The van der Waals surface area contributed by atoms with Crippen molar-refractivity contribution in [2.24, 2.45) is 7.05 Å². The number of hydrogen-bond acceptors (Lipinski definition) is 5. The number of aromatic amines is 1. The van der Waals surface area contributed by atoms with E-state index in [1.54, 1.807) is 30.1 Å². The van der Waals surface area contributed by atoms with Crippen LogP contribution in [0.1, 0.15) is 20.8 Å². The summed E-state index contributed by atoms with van der Waals surface area (Å²) in [7, 11) is 3.16. The molecule has 0 aliphatic heterocycles. The van der Waals surface area contributed by atoms with Crippen molar-refractivity contribution in [2.75, 3.05) is 12.4 Å². The van der Waals surface area contributed by atoms with Crippen molar-refractivity contribution >= 4 is 17.6 Å². The summed E-state index contributed by atoms with van der Waals surface area (Å²) in [4.78, 5) is 35.5. The summed E-state index contributed by atoms with van der Waals surface area (Å²) in [6.07, 6.45) is 2.98. The Morgan fingerprint density at radius 1 is 1.16 bits per heavy atom. The molecule has 32 heavy (non-hydrogen) atoms. The Hall–Kier alpha value is -4.47. The van der Waals surface area contributed by atoms with Crippen LogP contribution in [0.5, 0.6) is 5.75 Å². The van der Waals surface area contributed by atoms with Gasteiger partial charge in [0, 0.05) is 12.6 Å². The molecule has 162 valence electrons. The van der Waals surface area contributed by atoms with Crippen LogP contribution in [0.3, 0.4) is 0 Å². The number of carboxylic acids is 1. The van der Waals surface area contributed by atoms with Crippen molar-refractivity contribution in [1.82, 2.24) is 19.5 Å². The third kappa shape index (κ3) is 3.93. The van der Waals surface area contributed by atoms with E-state index < -0.39 is 11.9 Å². The summed E-state index contributed by atoms with van der Waals surface area (Å²) in [5.41, 5.74) is 2.43. The van der Waals surface area contributed by atoms with Crippen LogP contribution in [0, 0.1) is 5.82 Å². The summed E-state index contributed by atoms with van der Waals surface area (Å²) in [6, 6.07) is 10.1. The third-order valence-corrected chi connectivity index (χ3v) is 4.80. The van der Waals surface area contributed by atoms with Gasteiger partial charge in [0.15, 0.2) is 5.82 Å². The number of benzene rings is 2. The fourth-order valence-corrected chi connectivity index (χ4v) is 3.20. The van der Waals surface area contributed by atoms with Gasteiger partial charge in [-0.1, -0.05) is 0 Å². The molecule has 10 heteroatoms. The molecule has 9 nitrogen and oxygen atoms in total. The van der Waals surface area contributed by atoms with Crippen molar-refractivity contribution in [2.45, 2.75) is 0 Å². The lowest BCUT2D eigenvalue weighted by Crippen LogP contribution is -2.13. The summed E-state index contributed by atoms with van der Waals surface area (Å²) < 4.78 is 20.2. The third-order valence-electron chi connectivity index (χ3n) is 4.80. The second kappa shape index (κ2) is 8.34. The van der Waals surface area contributed by atoms with Crippen molar-refractivity contribution < 1.29 is 23.8 Å². The molecule has 2 aromatic carbocycles. The van der Waals surface area contributed by atoms with Gasteiger partial charge >= 0.3 is 5.97 Å². The first-order valence-corrected chi connectivity index (χ1v) is 9.42. The topological polar surface area (TPSA) is 122 Å². The van der Waals surface area contributed by atoms with Crippen LogP contribution >= 0.6 is 0 Å². The van der Waals surface area contributed by atoms with Crippen LogP contribution in [0.2, 0.25) is 0 Å². The molecular weight excluding hydrogens is 417 g/mol. The number of nitrogens with one attached hydrogen (secondary N) is 2. The average molecular weight is 435 g/mol. The van der Waals surface area contributed by atoms with Crippen LogP contribution in [-0.2, 0) is 7.05 Å². The van der Waals surface area contributed by atoms with Gasteiger partial charge in [-0.2, -0.15) is 0 Å². The van der Waals surface area contributed by atoms with Gasteiger partial charge in [0.2, 0.25) is 0 Å². The smallest absolute Gasteiger partial charge is 0.335 e. The number of amides is 1. The maximum Gasteiger partial charge on any atom is 0.335 e. The van der Waals surface area contributed by atoms with E-state index in [0.29, 0.717) is 28.5 Å². The van der Waals surface area contributed by atoms with Gasteiger partial charge in [0.05, 0.1) is 36.6 Å². The highest BCUT2D eigenvalue weighted by Crippen LogP contribution is 2.30. The first-order valence-electron chi connectivity index (χ1n) is 9.42. The number of carbonyl (C=O) groups excluding carboxylic acids is 1. The molecule has 4 aromatic rings. The van der Waals surface area contributed by atoms with Gasteiger partial charge in [-0.25, -0.2) is 19.2 Å². The Morgan fingerprint density at radius 3 is 2.59 bits per heavy atom. The number of halogens is 1. The van der Waals surface area contributed by atoms with E-state index in [1.165, 1.54) is 43.6 Å². The van der Waals surface area contributed by atoms with Crippen LogP contribution in [0.15, 0.2) is 55.0 Å². The fraction of sp³-hybridized carbons (Fsp3) is 0.0909. The highest BCUT2D eigenvalue weighted by molar-refractivity contribution is 6.04. The van der Waals surface area contributed by atoms with Crippen molar-refractivity contribution in [3.63, 3.8) is 0 Å². The number of hydrogen-bond donors (Lipinski definition) is 3. The van der Waals surface area contributed by atoms with E-state index in [-0.39, 0.29) is 22.8 Å². The maximum absolute atomic E-state index is 13.3. The second-order valence-electron chi connectivity index (χ2n) is 6.88. The molecule has 0 aliphatic rings. The number of aryl methyl sites for hydroxylation is 1. The van der Waals surface area contributed by atoms with Crippen molar-refractivity contribution in [3.05, 3.63) is 72.1 Å². The zero-order valence-corrected chi connectivity index (χ0v) is 17.1. The molecule has 4 rings (SSSR count). The molecule has 0 saturated carbocycles. The second-order valence-corrected chi connectivity index (χ2v) is 6.88. The number of imidazole rings is 2. The standard InChI is InChI=1S/C22H18FN5O4/c1-28-11-25-18(12-3-6-14(23)7-4-12)19(28)20-24-10-16(26-20)21(29)27-15-8-5-13(22(30)31)9-17(15)32-2/h3-11H,1-2H3,(H,24,26)(H,27,29)(H,30,31). The summed E-state index contributed by atoms with van der Waals surface area (Å²) >= 11 is 0. The number of carbonyl (C=O) groups is 2. The monoisotopic (exact) mass is 435 g/mol. The summed E-state index contributed by atoms with van der Waals surface area (Å²) in [6.45, 7) is 0. The highest BCUT2D eigenvalue weighted by atomic mass is 19.1. The summed E-state index contributed by atoms with van der Waals surface area (Å²) in [5, 5.41) is 11.8. The Morgan fingerprint density at radius 2 is 1.91 bits per heavy atom. The van der Waals surface area contributed by atoms with Crippen molar-refractivity contribution in [3.8, 4) is 28.5 Å². The number of H-pyrrole nitrogens is 1. The molecule has 0 spiro atoms. The molecule has 2 heterocycles. The Bertz CT molecular complexity index is 1310. The lowest BCUT2D eigenvalue weighted by molar-refractivity contribution is 0.0696. The Labute approximate surface area is 181 Å². The van der Waals surface area contributed by atoms with Crippen LogP contribution in [0.25, 0.3) is 22.8 Å². The molecular formula is C22H18FN5O4. The number of methoxy groups -OCH3 is 1. The molecule has 0 fully saturated rings. The molecule has 0 aliphatic carbocycles. The average Bonchev–Trinajstić information content (AvgIpc) is 3.41. The molecule has 0 atom stereocenters. The number of carboxylic acid groups (broad SMARTS) is 1. The van der Waals surface area contributed by atoms with E-state index in [2.05, 4.69) is 20.3 Å². The zero-order valence-electron chi connectivity index (χ0n) is 17.1. The fourth-order valence-electron chi connectivity index (χ4n) is 3.20. The van der Waals surface area contributed by atoms with Crippen LogP contribution in [-0.4, -0.2) is 43.6 Å². The van der Waals surface area contributed by atoms with Gasteiger partial charge in [0.1, 0.15) is 23.0 Å². The van der Waals surface area contributed by atoms with E-state index in [4.69, 9.17) is 9.84 Å². The zero-order chi connectivity index (χ0) is 22.8. The normalized spacial score (nSPS) is 10.7. The maximum atomic E-state index is 13.3. The molecule has 0 saturated heterocycles. The first-order chi connectivity index (χ1) is 15.4. The minimum Gasteiger partial charge on any atom is -0.495 e. The number of aromatic nitrogens is 4. The number of anilines is 1. The predicted molar refractivity (Wildman–Crippen MR) is 114 cm³/mol. The van der Waals surface area contributed by atoms with E-state index in [1.807, 2.05) is 0 Å². The first kappa shape index (κ1) is 20.8. The molecule has 1 amide bonds. The van der Waals surface area contributed by atoms with E-state index in [9.17, 15) is 14.0 Å². The van der Waals surface area contributed by atoms with E-state index >= 15 is 0 Å². The predicted octanol–water partition coefficient (Wildman–Crippen LogP) is 3.58. The highest BCUT2D eigenvalue weighted by Gasteiger charge is 2.19. The molecule has 3 N–H and O–H groups in total. The lowest BCUT2D eigenvalue weighted by atomic mass is 10.1. The molecule has 2 aromatic heterocycles. The number of rotatable bonds is 6. The Balaban J connectivity index is 1.62. The largest absolute Gasteiger partial charge is 0.495 e. The SMILES string of the molecule is COc1cc(C(=O)O)ccc1NC(=O)c1cnc(-c2c(-c3ccc(F)cc3)ncn2C)[nH]1. The van der Waals surface area contributed by atoms with Gasteiger partial charge in [-0.15, -0.1) is 0 Å². The van der Waals surface area contributed by atoms with E-state index in [0.717, 1.165) is 0 Å². The molecule has 0 bridgehead atoms. The van der Waals surface area contributed by atoms with Gasteiger partial charge in [-0.3, -0.25) is 4.79 Å². The quantitative estimate of drug-likeness (QED) is 0.426. The van der Waals surface area contributed by atoms with Gasteiger partial charge < -0.3 is 24.7 Å². The van der Waals surface area contributed by atoms with Crippen molar-refractivity contribution in [1.29, 1.82) is 0 Å². The number of aromatic carboxylic acids is 1. The van der Waals surface area contributed by atoms with Gasteiger partial charge in [0.25, 0.3) is 5.91 Å². The number of nitrogens with zero attached hydrogens (tertiary/aromatic N) is 3. The lowest BCUT2D eigenvalue weighted by Gasteiger charge is -2.10. The van der Waals surface area contributed by atoms with Crippen LogP contribution in [0.4, 0.5) is 10.1 Å². The minimum atomic E-state index is -1.10. The number of ether oxygens (including phenoxy) is 1. The van der Waals surface area contributed by atoms with Crippen LogP contribution < -0.4 is 10.1 Å². The summed E-state index contributed by atoms with van der Waals surface area (Å²) in [5.74, 6) is -1.33. The van der Waals surface area contributed by atoms with Gasteiger partial charge in [-0.05, 0) is 42.5 Å². The molecule has 0 radical (unpaired) electrons. The minimum absolute atomic E-state index is 0.0354. The Kier molecular flexibility index (Phi) is 5.42.